The Morgan fingerprint density at radius 1 is 0.938 bits per heavy atom. The van der Waals surface area contributed by atoms with E-state index in [9.17, 15) is 14.4 Å². The minimum Gasteiger partial charge on any atom is -0.459 e. The third kappa shape index (κ3) is 3.74. The molecule has 4 atom stereocenters. The Labute approximate surface area is 182 Å². The summed E-state index contributed by atoms with van der Waals surface area (Å²) in [4.78, 5) is 40.5. The van der Waals surface area contributed by atoms with Crippen LogP contribution < -0.4 is 10.3 Å². The van der Waals surface area contributed by atoms with Crippen molar-refractivity contribution in [3.05, 3.63) is 94.4 Å². The summed E-state index contributed by atoms with van der Waals surface area (Å²) in [6.07, 6.45) is -1.61. The minimum atomic E-state index is -0.895. The van der Waals surface area contributed by atoms with E-state index in [2.05, 4.69) is 4.98 Å². The molecule has 0 bridgehead atoms. The number of carbonyl (C=O) groups excluding carboxylic acids is 2. The highest BCUT2D eigenvalue weighted by Gasteiger charge is 2.54. The van der Waals surface area contributed by atoms with E-state index < -0.39 is 42.0 Å². The van der Waals surface area contributed by atoms with Crippen LogP contribution in [0.25, 0.3) is 0 Å². The van der Waals surface area contributed by atoms with Gasteiger partial charge >= 0.3 is 17.9 Å². The van der Waals surface area contributed by atoms with Crippen molar-refractivity contribution in [2.75, 3.05) is 6.61 Å². The van der Waals surface area contributed by atoms with Crippen molar-refractivity contribution in [1.82, 2.24) is 9.55 Å². The van der Waals surface area contributed by atoms with E-state index in [4.69, 9.17) is 18.9 Å². The Kier molecular flexibility index (Phi) is 5.16. The number of ether oxygens (including phenoxy) is 4. The van der Waals surface area contributed by atoms with Crippen molar-refractivity contribution in [2.45, 2.75) is 24.5 Å². The van der Waals surface area contributed by atoms with Gasteiger partial charge in [0.25, 0.3) is 5.56 Å². The molecule has 9 heteroatoms. The van der Waals surface area contributed by atoms with E-state index in [1.165, 1.54) is 12.3 Å². The average Bonchev–Trinajstić information content (AvgIpc) is 3.34. The predicted molar refractivity (Wildman–Crippen MR) is 109 cm³/mol. The van der Waals surface area contributed by atoms with E-state index in [0.717, 1.165) is 0 Å². The van der Waals surface area contributed by atoms with Gasteiger partial charge in [0.05, 0.1) is 11.1 Å². The van der Waals surface area contributed by atoms with Crippen LogP contribution in [0.3, 0.4) is 0 Å². The Bertz CT molecular complexity index is 1200. The molecule has 0 spiro atoms. The Morgan fingerprint density at radius 3 is 2.28 bits per heavy atom. The third-order valence-corrected chi connectivity index (χ3v) is 5.25. The number of rotatable bonds is 5. The molecule has 2 unspecified atom stereocenters. The zero-order chi connectivity index (χ0) is 22.1. The van der Waals surface area contributed by atoms with Gasteiger partial charge in [0.2, 0.25) is 0 Å². The van der Waals surface area contributed by atoms with Crippen LogP contribution in [0.5, 0.6) is 6.01 Å². The summed E-state index contributed by atoms with van der Waals surface area (Å²) in [5.41, 5.74) is 0.299. The molecule has 9 nitrogen and oxygen atoms in total. The van der Waals surface area contributed by atoms with Crippen LogP contribution in [0.4, 0.5) is 0 Å². The fourth-order valence-electron chi connectivity index (χ4n) is 3.71. The number of benzene rings is 2. The van der Waals surface area contributed by atoms with E-state index in [1.54, 1.807) is 65.2 Å². The predicted octanol–water partition coefficient (Wildman–Crippen LogP) is 1.98. The van der Waals surface area contributed by atoms with Gasteiger partial charge in [-0.1, -0.05) is 36.4 Å². The van der Waals surface area contributed by atoms with Crippen LogP contribution in [0.15, 0.2) is 77.7 Å². The van der Waals surface area contributed by atoms with Crippen molar-refractivity contribution in [2.24, 2.45) is 0 Å². The third-order valence-electron chi connectivity index (χ3n) is 5.25. The Morgan fingerprint density at radius 2 is 1.59 bits per heavy atom. The fraction of sp³-hybridized carbons (Fsp3) is 0.217. The summed E-state index contributed by atoms with van der Waals surface area (Å²) in [6.45, 7) is -0.153. The second-order valence-electron chi connectivity index (χ2n) is 7.30. The van der Waals surface area contributed by atoms with Crippen LogP contribution in [-0.2, 0) is 14.2 Å². The normalized spacial score (nSPS) is 23.0. The summed E-state index contributed by atoms with van der Waals surface area (Å²) in [5.74, 6) is -1.09. The first-order valence-electron chi connectivity index (χ1n) is 10.00. The SMILES string of the molecule is O=C(OC[C@@H]1OC2C(Oc3nc(=O)ccn32)[C@H]1OC(=O)c1ccccc1)c1ccccc1. The molecule has 0 radical (unpaired) electrons. The molecule has 0 N–H and O–H groups in total. The molecule has 162 valence electrons. The van der Waals surface area contributed by atoms with Gasteiger partial charge in [-0.25, -0.2) is 9.59 Å². The molecule has 0 saturated carbocycles. The highest BCUT2D eigenvalue weighted by atomic mass is 16.7. The molecular weight excluding hydrogens is 416 g/mol. The molecule has 3 heterocycles. The first-order chi connectivity index (χ1) is 15.6. The smallest absolute Gasteiger partial charge is 0.338 e. The van der Waals surface area contributed by atoms with Crippen LogP contribution in [0, 0.1) is 0 Å². The van der Waals surface area contributed by atoms with E-state index in [0.29, 0.717) is 11.1 Å². The van der Waals surface area contributed by atoms with Gasteiger partial charge in [-0.2, -0.15) is 4.98 Å². The van der Waals surface area contributed by atoms with E-state index in [-0.39, 0.29) is 12.6 Å². The zero-order valence-corrected chi connectivity index (χ0v) is 16.7. The van der Waals surface area contributed by atoms with Gasteiger partial charge in [-0.05, 0) is 24.3 Å². The summed E-state index contributed by atoms with van der Waals surface area (Å²) in [5, 5.41) is 0. The highest BCUT2D eigenvalue weighted by Crippen LogP contribution is 2.40. The maximum absolute atomic E-state index is 12.7. The van der Waals surface area contributed by atoms with Gasteiger partial charge < -0.3 is 18.9 Å². The first kappa shape index (κ1) is 20.0. The van der Waals surface area contributed by atoms with Crippen molar-refractivity contribution >= 4 is 11.9 Å². The standard InChI is InChI=1S/C23H18N2O7/c26-17-11-12-25-20-19(32-23(25)24-17)18(31-22(28)15-9-5-2-6-10-15)16(30-20)13-29-21(27)14-7-3-1-4-8-14/h1-12,16,18-20H,13H2/t16-,18-,19?,20?/m0/s1. The quantitative estimate of drug-likeness (QED) is 0.562. The molecule has 32 heavy (non-hydrogen) atoms. The molecule has 1 fully saturated rings. The summed E-state index contributed by atoms with van der Waals surface area (Å²) >= 11 is 0. The monoisotopic (exact) mass is 434 g/mol. The van der Waals surface area contributed by atoms with Crippen molar-refractivity contribution in [3.8, 4) is 6.01 Å². The van der Waals surface area contributed by atoms with Crippen LogP contribution in [0.1, 0.15) is 26.9 Å². The lowest BCUT2D eigenvalue weighted by Crippen LogP contribution is -2.40. The van der Waals surface area contributed by atoms with Crippen molar-refractivity contribution < 1.29 is 28.5 Å². The number of aromatic nitrogens is 2. The van der Waals surface area contributed by atoms with Crippen molar-refractivity contribution in [1.29, 1.82) is 0 Å². The second kappa shape index (κ2) is 8.27. The summed E-state index contributed by atoms with van der Waals surface area (Å²) in [7, 11) is 0. The number of hydrogen-bond donors (Lipinski definition) is 0. The molecule has 1 aromatic heterocycles. The Balaban J connectivity index is 1.37. The minimum absolute atomic E-state index is 0.0768. The number of hydrogen-bond acceptors (Lipinski definition) is 8. The van der Waals surface area contributed by atoms with Gasteiger partial charge in [0.1, 0.15) is 12.7 Å². The largest absolute Gasteiger partial charge is 0.459 e. The van der Waals surface area contributed by atoms with Crippen LogP contribution >= 0.6 is 0 Å². The molecule has 0 amide bonds. The zero-order valence-electron chi connectivity index (χ0n) is 16.7. The molecular formula is C23H18N2O7. The number of esters is 2. The summed E-state index contributed by atoms with van der Waals surface area (Å²) < 4.78 is 24.5. The molecule has 1 saturated heterocycles. The first-order valence-corrected chi connectivity index (χ1v) is 10.00. The highest BCUT2D eigenvalue weighted by molar-refractivity contribution is 5.90. The maximum Gasteiger partial charge on any atom is 0.338 e. The second-order valence-corrected chi connectivity index (χ2v) is 7.30. The molecule has 0 aliphatic carbocycles. The molecule has 2 aliphatic heterocycles. The van der Waals surface area contributed by atoms with Gasteiger partial charge in [-0.15, -0.1) is 0 Å². The summed E-state index contributed by atoms with van der Waals surface area (Å²) in [6, 6.07) is 18.4. The lowest BCUT2D eigenvalue weighted by molar-refractivity contribution is -0.0574. The molecule has 5 rings (SSSR count). The lowest BCUT2D eigenvalue weighted by Gasteiger charge is -2.22. The average molecular weight is 434 g/mol. The van der Waals surface area contributed by atoms with Crippen molar-refractivity contribution in [3.63, 3.8) is 0 Å². The topological polar surface area (TPSA) is 106 Å². The molecule has 2 aliphatic rings. The van der Waals surface area contributed by atoms with Crippen LogP contribution in [0.2, 0.25) is 0 Å². The van der Waals surface area contributed by atoms with Gasteiger partial charge in [0.15, 0.2) is 18.4 Å². The van der Waals surface area contributed by atoms with E-state index >= 15 is 0 Å². The van der Waals surface area contributed by atoms with Crippen LogP contribution in [-0.4, -0.2) is 46.4 Å². The van der Waals surface area contributed by atoms with E-state index in [1.807, 2.05) is 0 Å². The lowest BCUT2D eigenvalue weighted by atomic mass is 10.1. The Hall–Kier alpha value is -3.98. The number of nitrogens with zero attached hydrogens (tertiary/aromatic N) is 2. The molecule has 3 aromatic rings. The van der Waals surface area contributed by atoms with Gasteiger partial charge in [0, 0.05) is 12.3 Å². The maximum atomic E-state index is 12.7. The van der Waals surface area contributed by atoms with Gasteiger partial charge in [-0.3, -0.25) is 9.36 Å². The fourth-order valence-corrected chi connectivity index (χ4v) is 3.71. The molecule has 2 aromatic carbocycles. The number of fused-ring (bicyclic) bond motifs is 3. The number of carbonyl (C=O) groups is 2.